The summed E-state index contributed by atoms with van der Waals surface area (Å²) < 4.78 is 11.2. The van der Waals surface area contributed by atoms with Crippen molar-refractivity contribution >= 4 is 63.8 Å². The van der Waals surface area contributed by atoms with Crippen LogP contribution in [0.2, 0.25) is 0 Å². The molecule has 0 spiro atoms. The van der Waals surface area contributed by atoms with Crippen LogP contribution in [0.25, 0.3) is 6.08 Å². The Hall–Kier alpha value is -8.92. The summed E-state index contributed by atoms with van der Waals surface area (Å²) in [5.74, 6) is -2.52. The van der Waals surface area contributed by atoms with E-state index in [1.54, 1.807) is 56.8 Å². The number of esters is 2. The first kappa shape index (κ1) is 53.5. The van der Waals surface area contributed by atoms with Gasteiger partial charge in [0.2, 0.25) is 11.9 Å². The Balaban J connectivity index is 1.05. The summed E-state index contributed by atoms with van der Waals surface area (Å²) in [4.78, 5) is 74.8. The van der Waals surface area contributed by atoms with Crippen molar-refractivity contribution in [3.63, 3.8) is 0 Å². The van der Waals surface area contributed by atoms with Crippen LogP contribution in [-0.4, -0.2) is 67.8 Å². The largest absolute Gasteiger partial charge is 0.425 e. The summed E-state index contributed by atoms with van der Waals surface area (Å²) >= 11 is 2.65. The lowest BCUT2D eigenvalue weighted by molar-refractivity contribution is -0.190. The summed E-state index contributed by atoms with van der Waals surface area (Å²) in [6.45, 7) is 6.52. The molecular formula is C64H56N6O7S2. The first-order chi connectivity index (χ1) is 38.4. The van der Waals surface area contributed by atoms with E-state index in [1.807, 2.05) is 152 Å². The summed E-state index contributed by atoms with van der Waals surface area (Å²) in [5, 5.41) is 13.1. The van der Waals surface area contributed by atoms with E-state index in [0.29, 0.717) is 10.7 Å². The molecule has 2 aromatic heterocycles. The lowest BCUT2D eigenvalue weighted by atomic mass is 9.77. The number of benzene rings is 6. The quantitative estimate of drug-likeness (QED) is 0.0210. The molecule has 1 unspecified atom stereocenters. The lowest BCUT2D eigenvalue weighted by Gasteiger charge is -2.49. The van der Waals surface area contributed by atoms with Crippen molar-refractivity contribution in [3.05, 3.63) is 274 Å². The average Bonchev–Trinajstić information content (AvgIpc) is 4.11. The van der Waals surface area contributed by atoms with Gasteiger partial charge in [-0.15, -0.1) is 23.1 Å². The van der Waals surface area contributed by atoms with Crippen LogP contribution in [0.5, 0.6) is 0 Å². The average molecular weight is 1090 g/mol. The maximum absolute atomic E-state index is 15.4. The van der Waals surface area contributed by atoms with E-state index < -0.39 is 58.0 Å². The molecule has 8 aromatic rings. The van der Waals surface area contributed by atoms with Crippen LogP contribution in [0.3, 0.4) is 0 Å². The van der Waals surface area contributed by atoms with E-state index in [-0.39, 0.29) is 22.9 Å². The molecule has 13 nitrogen and oxygen atoms in total. The van der Waals surface area contributed by atoms with E-state index in [0.717, 1.165) is 38.9 Å². The van der Waals surface area contributed by atoms with Crippen LogP contribution >= 0.6 is 23.1 Å². The fourth-order valence-electron chi connectivity index (χ4n) is 9.58. The van der Waals surface area contributed by atoms with Gasteiger partial charge in [0.25, 0.3) is 11.8 Å². The summed E-state index contributed by atoms with van der Waals surface area (Å²) in [7, 11) is 0. The van der Waals surface area contributed by atoms with Gasteiger partial charge in [-0.1, -0.05) is 205 Å². The number of carbonyl (C=O) groups is 4. The van der Waals surface area contributed by atoms with Gasteiger partial charge in [0.15, 0.2) is 10.8 Å². The number of nitrogens with zero attached hydrogens (tertiary/aromatic N) is 4. The molecule has 1 fully saturated rings. The molecule has 79 heavy (non-hydrogen) atoms. The van der Waals surface area contributed by atoms with E-state index >= 15 is 4.79 Å². The first-order valence-electron chi connectivity index (χ1n) is 25.7. The molecule has 396 valence electrons. The molecule has 0 radical (unpaired) electrons. The van der Waals surface area contributed by atoms with Gasteiger partial charge in [-0.05, 0) is 54.7 Å². The minimum Gasteiger partial charge on any atom is -0.425 e. The predicted molar refractivity (Wildman–Crippen MR) is 308 cm³/mol. The molecule has 0 bridgehead atoms. The van der Waals surface area contributed by atoms with Crippen LogP contribution in [0.15, 0.2) is 234 Å². The number of rotatable bonds is 18. The van der Waals surface area contributed by atoms with Crippen LogP contribution < -0.4 is 10.6 Å². The number of hydrogen-bond donors (Lipinski definition) is 2. The smallest absolute Gasteiger partial charge is 0.358 e. The molecule has 15 heteroatoms. The fourth-order valence-corrected chi connectivity index (χ4v) is 11.6. The zero-order chi connectivity index (χ0) is 55.0. The van der Waals surface area contributed by atoms with Crippen LogP contribution in [0.4, 0.5) is 5.13 Å². The fraction of sp³-hybridized carbons (Fsp3) is 0.172. The Bertz CT molecular complexity index is 3330. The number of carbonyl (C=O) groups excluding carboxylic acids is 4. The number of aromatic nitrogens is 2. The van der Waals surface area contributed by atoms with E-state index in [4.69, 9.17) is 24.5 Å². The van der Waals surface area contributed by atoms with Crippen LogP contribution in [-0.2, 0) is 44.6 Å². The Morgan fingerprint density at radius 3 is 1.67 bits per heavy atom. The van der Waals surface area contributed by atoms with Gasteiger partial charge in [0.05, 0.1) is 5.41 Å². The number of fused-ring (bicyclic) bond motifs is 1. The highest BCUT2D eigenvalue weighted by atomic mass is 32.2. The van der Waals surface area contributed by atoms with Crippen molar-refractivity contribution in [3.8, 4) is 0 Å². The predicted octanol–water partition coefficient (Wildman–Crippen LogP) is 11.5. The van der Waals surface area contributed by atoms with Crippen molar-refractivity contribution < 1.29 is 33.5 Å². The third-order valence-corrected chi connectivity index (χ3v) is 15.5. The highest BCUT2D eigenvalue weighted by molar-refractivity contribution is 8.00. The third kappa shape index (κ3) is 11.1. The first-order valence-corrected chi connectivity index (χ1v) is 27.6. The SMILES string of the molecule is CC(OC(=O)C1=C(/C=C\c2cccnc2)CS[C@@H]2[C@H](NC(=O)C(=NOC(c3ccccc3)(c3ccccc3)c3ccccc3)c3csc(NC(c4ccccc4)(c4ccccc4)c4ccccc4)n3)C(=O)N12)OC(=O)C(C)(C)C. The molecule has 4 heterocycles. The number of thioether (sulfide) groups is 1. The molecule has 2 N–H and O–H groups in total. The number of ether oxygens (including phenoxy) is 2. The molecule has 1 saturated heterocycles. The molecule has 3 atom stereocenters. The van der Waals surface area contributed by atoms with Crippen molar-refractivity contribution in [2.45, 2.75) is 56.5 Å². The molecule has 2 amide bonds. The maximum Gasteiger partial charge on any atom is 0.358 e. The van der Waals surface area contributed by atoms with E-state index in [9.17, 15) is 14.4 Å². The van der Waals surface area contributed by atoms with Crippen molar-refractivity contribution in [1.29, 1.82) is 0 Å². The number of nitrogens with one attached hydrogen (secondary N) is 2. The number of pyridine rings is 1. The van der Waals surface area contributed by atoms with Crippen LogP contribution in [0, 0.1) is 5.41 Å². The van der Waals surface area contributed by atoms with Crippen LogP contribution in [0.1, 0.15) is 72.3 Å². The molecule has 6 aromatic carbocycles. The minimum absolute atomic E-state index is 0.0393. The second-order valence-corrected chi connectivity index (χ2v) is 21.8. The molecule has 0 saturated carbocycles. The number of β-lactam (4-membered cyclic amide) rings is 1. The van der Waals surface area contributed by atoms with Gasteiger partial charge in [-0.3, -0.25) is 24.3 Å². The monoisotopic (exact) mass is 1080 g/mol. The molecule has 2 aliphatic rings. The highest BCUT2D eigenvalue weighted by Gasteiger charge is 2.55. The maximum atomic E-state index is 15.4. The number of thiazole rings is 1. The zero-order valence-corrected chi connectivity index (χ0v) is 45.4. The Morgan fingerprint density at radius 2 is 1.19 bits per heavy atom. The third-order valence-electron chi connectivity index (χ3n) is 13.5. The number of oxime groups is 1. The summed E-state index contributed by atoms with van der Waals surface area (Å²) in [6, 6.07) is 61.8. The Labute approximate surface area is 467 Å². The van der Waals surface area contributed by atoms with Crippen molar-refractivity contribution in [1.82, 2.24) is 20.2 Å². The van der Waals surface area contributed by atoms with Gasteiger partial charge in [0.1, 0.15) is 28.3 Å². The van der Waals surface area contributed by atoms with Gasteiger partial charge in [-0.25, -0.2) is 9.78 Å². The number of hydrogen-bond acceptors (Lipinski definition) is 13. The van der Waals surface area contributed by atoms with Crippen molar-refractivity contribution in [2.75, 3.05) is 11.1 Å². The van der Waals surface area contributed by atoms with Gasteiger partial charge >= 0.3 is 11.9 Å². The molecule has 0 aliphatic carbocycles. The van der Waals surface area contributed by atoms with E-state index in [1.165, 1.54) is 34.9 Å². The topological polar surface area (TPSA) is 161 Å². The molecule has 10 rings (SSSR count). The molecular weight excluding hydrogens is 1030 g/mol. The van der Waals surface area contributed by atoms with Crippen molar-refractivity contribution in [2.24, 2.45) is 10.6 Å². The van der Waals surface area contributed by atoms with Gasteiger partial charge < -0.3 is 24.9 Å². The highest BCUT2D eigenvalue weighted by Crippen LogP contribution is 2.44. The Kier molecular flexibility index (Phi) is 15.8. The summed E-state index contributed by atoms with van der Waals surface area (Å²) in [5.41, 5.74) is 3.01. The number of anilines is 1. The zero-order valence-electron chi connectivity index (χ0n) is 43.8. The van der Waals surface area contributed by atoms with Gasteiger partial charge in [0, 0.05) is 47.1 Å². The number of allylic oxidation sites excluding steroid dienone is 1. The second kappa shape index (κ2) is 23.4. The second-order valence-electron chi connectivity index (χ2n) is 19.8. The minimum atomic E-state index is -1.39. The molecule has 2 aliphatic heterocycles. The van der Waals surface area contributed by atoms with E-state index in [2.05, 4.69) is 52.0 Å². The normalized spacial score (nSPS) is 16.1. The number of amides is 2. The Morgan fingerprint density at radius 1 is 0.684 bits per heavy atom. The summed E-state index contributed by atoms with van der Waals surface area (Å²) in [6.07, 6.45) is 5.56. The lowest BCUT2D eigenvalue weighted by Crippen LogP contribution is -2.71. The van der Waals surface area contributed by atoms with Gasteiger partial charge in [-0.2, -0.15) is 0 Å². The standard InChI is InChI=1S/C64H56N6O7S2/c1-43(76-60(74)62(2,3)4)75-59(73)55-45(38-37-44-24-23-39-65-40-44)41-78-58-54(57(72)70(55)58)67-56(71)53(69-77-64(49-31-17-8-18-32-49,50-33-19-9-20-34-50)51-35-21-10-22-36-51)52-42-79-61(66-52)68-63(46-25-11-5-12-26-46,47-27-13-6-14-28-47)48-29-15-7-16-30-48/h5-40,42-43,54,58H,41H2,1-4H3,(H,66,68)(H,67,71)/b38-37-,69-53?/t43?,54-,58-/m1/s1.